The number of hydrogen-bond acceptors (Lipinski definition) is 4. The summed E-state index contributed by atoms with van der Waals surface area (Å²) >= 11 is 1.55. The molecular formula is C12H12N2O2S. The van der Waals surface area contributed by atoms with Gasteiger partial charge in [0.05, 0.1) is 0 Å². The van der Waals surface area contributed by atoms with Gasteiger partial charge in [0.25, 0.3) is 0 Å². The topological polar surface area (TPSA) is 64.3 Å². The van der Waals surface area contributed by atoms with Crippen LogP contribution in [0.5, 0.6) is 0 Å². The third-order valence-corrected chi connectivity index (χ3v) is 2.91. The highest BCUT2D eigenvalue weighted by Gasteiger charge is 2.04. The fraction of sp³-hybridized carbons (Fsp3) is 0.0833. The van der Waals surface area contributed by atoms with Gasteiger partial charge in [0.1, 0.15) is 6.61 Å². The van der Waals surface area contributed by atoms with Crippen LogP contribution in [0.2, 0.25) is 0 Å². The normalized spacial score (nSPS) is 9.88. The number of ether oxygens (including phenoxy) is 1. The van der Waals surface area contributed by atoms with Crippen LogP contribution >= 0.6 is 11.3 Å². The second-order valence-electron chi connectivity index (χ2n) is 3.41. The first kappa shape index (κ1) is 11.5. The molecule has 0 aliphatic rings. The third kappa shape index (κ3) is 3.49. The molecule has 0 radical (unpaired) electrons. The molecule has 4 nitrogen and oxygen atoms in total. The van der Waals surface area contributed by atoms with Gasteiger partial charge in [-0.05, 0) is 29.6 Å². The summed E-state index contributed by atoms with van der Waals surface area (Å²) in [5, 5.41) is 4.55. The monoisotopic (exact) mass is 248 g/mol. The van der Waals surface area contributed by atoms with E-state index in [1.165, 1.54) is 0 Å². The van der Waals surface area contributed by atoms with Gasteiger partial charge >= 0.3 is 6.09 Å². The Bertz CT molecular complexity index is 497. The summed E-state index contributed by atoms with van der Waals surface area (Å²) in [6.45, 7) is 0.284. The molecule has 0 aliphatic heterocycles. The molecule has 0 aliphatic carbocycles. The summed E-state index contributed by atoms with van der Waals surface area (Å²) in [6.07, 6.45) is -0.482. The maximum absolute atomic E-state index is 11.4. The van der Waals surface area contributed by atoms with E-state index in [4.69, 9.17) is 10.5 Å². The summed E-state index contributed by atoms with van der Waals surface area (Å²) in [4.78, 5) is 12.5. The van der Waals surface area contributed by atoms with E-state index in [9.17, 15) is 4.79 Å². The summed E-state index contributed by atoms with van der Waals surface area (Å²) in [7, 11) is 0. The maximum Gasteiger partial charge on any atom is 0.411 e. The second kappa shape index (κ2) is 5.36. The van der Waals surface area contributed by atoms with E-state index in [1.54, 1.807) is 35.6 Å². The number of nitrogens with two attached hydrogens (primary N) is 1. The van der Waals surface area contributed by atoms with Crippen LogP contribution in [-0.2, 0) is 11.3 Å². The maximum atomic E-state index is 11.4. The van der Waals surface area contributed by atoms with Crippen molar-refractivity contribution in [3.05, 3.63) is 46.7 Å². The van der Waals surface area contributed by atoms with Crippen LogP contribution in [0.4, 0.5) is 16.2 Å². The Hall–Kier alpha value is -2.01. The molecule has 1 amide bonds. The van der Waals surface area contributed by atoms with Gasteiger partial charge in [-0.1, -0.05) is 12.1 Å². The largest absolute Gasteiger partial charge is 0.444 e. The number of thiophene rings is 1. The zero-order valence-electron chi connectivity index (χ0n) is 9.05. The van der Waals surface area contributed by atoms with Crippen LogP contribution in [0.25, 0.3) is 0 Å². The Balaban J connectivity index is 1.85. The molecule has 2 rings (SSSR count). The SMILES string of the molecule is Nc1cccc(NC(=O)OCc2cccs2)c1. The lowest BCUT2D eigenvalue weighted by molar-refractivity contribution is 0.156. The van der Waals surface area contributed by atoms with Crippen molar-refractivity contribution in [2.75, 3.05) is 11.1 Å². The number of hydrogen-bond donors (Lipinski definition) is 2. The van der Waals surface area contributed by atoms with E-state index >= 15 is 0 Å². The van der Waals surface area contributed by atoms with Crippen LogP contribution < -0.4 is 11.1 Å². The molecule has 3 N–H and O–H groups in total. The summed E-state index contributed by atoms with van der Waals surface area (Å²) < 4.78 is 5.05. The quantitative estimate of drug-likeness (QED) is 0.820. The van der Waals surface area contributed by atoms with Crippen molar-refractivity contribution in [1.29, 1.82) is 0 Å². The molecular weight excluding hydrogens is 236 g/mol. The van der Waals surface area contributed by atoms with Crippen molar-refractivity contribution >= 4 is 28.8 Å². The Morgan fingerprint density at radius 3 is 2.94 bits per heavy atom. The number of rotatable bonds is 3. The predicted molar refractivity (Wildman–Crippen MR) is 69.0 cm³/mol. The highest BCUT2D eigenvalue weighted by Crippen LogP contribution is 2.13. The zero-order chi connectivity index (χ0) is 12.1. The van der Waals surface area contributed by atoms with Crippen molar-refractivity contribution in [3.8, 4) is 0 Å². The van der Waals surface area contributed by atoms with Crippen molar-refractivity contribution in [2.45, 2.75) is 6.61 Å². The highest BCUT2D eigenvalue weighted by atomic mass is 32.1. The smallest absolute Gasteiger partial charge is 0.411 e. The van der Waals surface area contributed by atoms with Crippen LogP contribution in [0, 0.1) is 0 Å². The Labute approximate surface area is 103 Å². The number of carbonyl (C=O) groups is 1. The predicted octanol–water partition coefficient (Wildman–Crippen LogP) is 3.08. The first-order chi connectivity index (χ1) is 8.24. The fourth-order valence-electron chi connectivity index (χ4n) is 1.30. The highest BCUT2D eigenvalue weighted by molar-refractivity contribution is 7.09. The van der Waals surface area contributed by atoms with Gasteiger partial charge in [0.15, 0.2) is 0 Å². The van der Waals surface area contributed by atoms with Gasteiger partial charge in [-0.2, -0.15) is 0 Å². The van der Waals surface area contributed by atoms with Crippen molar-refractivity contribution in [3.63, 3.8) is 0 Å². The van der Waals surface area contributed by atoms with Crippen LogP contribution in [0.1, 0.15) is 4.88 Å². The Morgan fingerprint density at radius 1 is 1.35 bits per heavy atom. The van der Waals surface area contributed by atoms with Crippen molar-refractivity contribution < 1.29 is 9.53 Å². The molecule has 17 heavy (non-hydrogen) atoms. The average Bonchev–Trinajstić information content (AvgIpc) is 2.79. The standard InChI is InChI=1S/C12H12N2O2S/c13-9-3-1-4-10(7-9)14-12(15)16-8-11-5-2-6-17-11/h1-7H,8,13H2,(H,14,15). The van der Waals surface area contributed by atoms with E-state index in [-0.39, 0.29) is 6.61 Å². The molecule has 1 aromatic heterocycles. The van der Waals surface area contributed by atoms with Gasteiger partial charge < -0.3 is 10.5 Å². The van der Waals surface area contributed by atoms with Gasteiger partial charge in [0.2, 0.25) is 0 Å². The summed E-state index contributed by atoms with van der Waals surface area (Å²) in [5.41, 5.74) is 6.82. The minimum Gasteiger partial charge on any atom is -0.444 e. The van der Waals surface area contributed by atoms with Gasteiger partial charge in [0, 0.05) is 16.3 Å². The average molecular weight is 248 g/mol. The molecule has 0 saturated carbocycles. The van der Waals surface area contributed by atoms with Crippen molar-refractivity contribution in [2.24, 2.45) is 0 Å². The molecule has 2 aromatic rings. The van der Waals surface area contributed by atoms with Gasteiger partial charge in [-0.3, -0.25) is 5.32 Å². The lowest BCUT2D eigenvalue weighted by Gasteiger charge is -2.06. The molecule has 88 valence electrons. The molecule has 5 heteroatoms. The second-order valence-corrected chi connectivity index (χ2v) is 4.44. The number of carbonyl (C=O) groups excluding carboxylic acids is 1. The Kier molecular flexibility index (Phi) is 3.62. The van der Waals surface area contributed by atoms with E-state index in [2.05, 4.69) is 5.32 Å². The first-order valence-corrected chi connectivity index (χ1v) is 5.94. The minimum absolute atomic E-state index is 0.284. The van der Waals surface area contributed by atoms with E-state index in [0.717, 1.165) is 4.88 Å². The number of nitrogens with one attached hydrogen (secondary N) is 1. The molecule has 0 unspecified atom stereocenters. The minimum atomic E-state index is -0.482. The zero-order valence-corrected chi connectivity index (χ0v) is 9.87. The van der Waals surface area contributed by atoms with Crippen LogP contribution in [0.3, 0.4) is 0 Å². The van der Waals surface area contributed by atoms with Crippen molar-refractivity contribution in [1.82, 2.24) is 0 Å². The molecule has 0 fully saturated rings. The van der Waals surface area contributed by atoms with Crippen LogP contribution in [-0.4, -0.2) is 6.09 Å². The Morgan fingerprint density at radius 2 is 2.24 bits per heavy atom. The van der Waals surface area contributed by atoms with E-state index in [0.29, 0.717) is 11.4 Å². The van der Waals surface area contributed by atoms with Gasteiger partial charge in [-0.25, -0.2) is 4.79 Å². The number of anilines is 2. The molecule has 0 bridgehead atoms. The molecule has 1 aromatic carbocycles. The fourth-order valence-corrected chi connectivity index (χ4v) is 1.92. The first-order valence-electron chi connectivity index (χ1n) is 5.06. The third-order valence-electron chi connectivity index (χ3n) is 2.06. The van der Waals surface area contributed by atoms with Gasteiger partial charge in [-0.15, -0.1) is 11.3 Å². The van der Waals surface area contributed by atoms with E-state index in [1.807, 2.05) is 17.5 Å². The lowest BCUT2D eigenvalue weighted by Crippen LogP contribution is -2.13. The molecule has 0 spiro atoms. The lowest BCUT2D eigenvalue weighted by atomic mass is 10.3. The number of benzene rings is 1. The molecule has 0 saturated heterocycles. The van der Waals surface area contributed by atoms with Crippen LogP contribution in [0.15, 0.2) is 41.8 Å². The number of amides is 1. The summed E-state index contributed by atoms with van der Waals surface area (Å²) in [6, 6.07) is 10.8. The summed E-state index contributed by atoms with van der Waals surface area (Å²) in [5.74, 6) is 0. The molecule has 0 atom stereocenters. The van der Waals surface area contributed by atoms with E-state index < -0.39 is 6.09 Å². The number of nitrogen functional groups attached to an aromatic ring is 1. The molecule has 1 heterocycles.